The zero-order valence-corrected chi connectivity index (χ0v) is 21.3. The highest BCUT2D eigenvalue weighted by molar-refractivity contribution is 6.47. The monoisotopic (exact) mass is 480 g/mol. The molecule has 1 aromatic carbocycles. The van der Waals surface area contributed by atoms with Gasteiger partial charge in [0.1, 0.15) is 0 Å². The Bertz CT molecular complexity index is 987. The molecule has 6 rings (SSSR count). The van der Waals surface area contributed by atoms with E-state index in [0.29, 0.717) is 31.2 Å². The lowest BCUT2D eigenvalue weighted by atomic mass is 9.43. The predicted molar refractivity (Wildman–Crippen MR) is 133 cm³/mol. The van der Waals surface area contributed by atoms with Crippen LogP contribution in [-0.4, -0.2) is 66.4 Å². The highest BCUT2D eigenvalue weighted by Gasteiger charge is 2.68. The Kier molecular flexibility index (Phi) is 6.25. The molecule has 5 aliphatic rings. The molecule has 0 radical (unpaired) electrons. The summed E-state index contributed by atoms with van der Waals surface area (Å²) in [6.45, 7) is 11.0. The van der Waals surface area contributed by atoms with E-state index in [1.807, 2.05) is 18.2 Å². The number of carbonyl (C=O) groups excluding carboxylic acids is 2. The summed E-state index contributed by atoms with van der Waals surface area (Å²) in [6.07, 6.45) is 4.40. The van der Waals surface area contributed by atoms with Gasteiger partial charge in [-0.15, -0.1) is 0 Å². The third kappa shape index (κ3) is 4.08. The molecule has 2 aliphatic heterocycles. The molecule has 6 atom stereocenters. The number of hydrogen-bond donors (Lipinski definition) is 0. The average Bonchev–Trinajstić information content (AvgIpc) is 3.45. The Labute approximate surface area is 208 Å². The number of carbonyl (C=O) groups is 2. The van der Waals surface area contributed by atoms with Crippen LogP contribution in [-0.2, 0) is 25.3 Å². The lowest BCUT2D eigenvalue weighted by Crippen LogP contribution is -2.65. The molecule has 2 amide bonds. The molecule has 2 bridgehead atoms. The summed E-state index contributed by atoms with van der Waals surface area (Å²) < 4.78 is 19.1. The van der Waals surface area contributed by atoms with Gasteiger partial charge in [-0.3, -0.25) is 4.79 Å². The number of benzene rings is 1. The Hall–Kier alpha value is -2.32. The molecule has 2 heterocycles. The van der Waals surface area contributed by atoms with Crippen molar-refractivity contribution in [3.05, 3.63) is 48.6 Å². The molecule has 35 heavy (non-hydrogen) atoms. The van der Waals surface area contributed by atoms with Crippen LogP contribution in [0.1, 0.15) is 52.0 Å². The maximum absolute atomic E-state index is 13.3. The van der Waals surface area contributed by atoms with E-state index < -0.39 is 19.4 Å². The molecule has 188 valence electrons. The van der Waals surface area contributed by atoms with E-state index in [0.717, 1.165) is 18.4 Å². The summed E-state index contributed by atoms with van der Waals surface area (Å²) in [5, 5.41) is 0. The maximum Gasteiger partial charge on any atom is 0.482 e. The molecule has 2 saturated heterocycles. The molecule has 0 unspecified atom stereocenters. The molecule has 3 aliphatic carbocycles. The third-order valence-electron chi connectivity index (χ3n) is 9.25. The summed E-state index contributed by atoms with van der Waals surface area (Å²) in [5.74, 6) is 0.511. The van der Waals surface area contributed by atoms with Gasteiger partial charge in [-0.2, -0.15) is 0 Å². The van der Waals surface area contributed by atoms with E-state index in [9.17, 15) is 9.59 Å². The van der Waals surface area contributed by atoms with Crippen molar-refractivity contribution >= 4 is 19.1 Å². The summed E-state index contributed by atoms with van der Waals surface area (Å²) in [7, 11) is 1.19. The number of likely N-dealkylation sites (N-methyl/N-ethyl adjacent to an activating group) is 1. The first-order valence-electron chi connectivity index (χ1n) is 12.9. The summed E-state index contributed by atoms with van der Waals surface area (Å²) in [4.78, 5) is 28.7. The molecule has 3 saturated carbocycles. The average molecular weight is 480 g/mol. The van der Waals surface area contributed by atoms with Crippen LogP contribution in [0.3, 0.4) is 0 Å². The van der Waals surface area contributed by atoms with Gasteiger partial charge in [0.25, 0.3) is 0 Å². The van der Waals surface area contributed by atoms with Crippen molar-refractivity contribution in [1.82, 2.24) is 9.80 Å². The van der Waals surface area contributed by atoms with Crippen molar-refractivity contribution in [3.63, 3.8) is 0 Å². The fourth-order valence-corrected chi connectivity index (χ4v) is 6.90. The molecule has 1 aromatic rings. The molecule has 0 N–H and O–H groups in total. The van der Waals surface area contributed by atoms with Crippen LogP contribution in [0.5, 0.6) is 0 Å². The third-order valence-corrected chi connectivity index (χ3v) is 9.25. The van der Waals surface area contributed by atoms with Crippen LogP contribution in [0.4, 0.5) is 4.79 Å². The number of amides is 2. The van der Waals surface area contributed by atoms with Crippen LogP contribution in [0.25, 0.3) is 0 Å². The van der Waals surface area contributed by atoms with Crippen molar-refractivity contribution in [2.24, 2.45) is 17.3 Å². The maximum atomic E-state index is 13.3. The SMILES string of the molecule is C=CC(=O)N1CCC[C@H]1OC(=O)N(C)[C@@H](Cc1ccccc1)B1O[C@@H]2C[C@@H]3C[C@@H](C3(C)C)[C@]2(C)O1. The van der Waals surface area contributed by atoms with Crippen LogP contribution in [0, 0.1) is 17.3 Å². The second kappa shape index (κ2) is 8.97. The molecule has 8 heteroatoms. The second-order valence-corrected chi connectivity index (χ2v) is 11.4. The minimum absolute atomic E-state index is 0.0301. The summed E-state index contributed by atoms with van der Waals surface area (Å²) in [5.41, 5.74) is 0.979. The van der Waals surface area contributed by atoms with Crippen molar-refractivity contribution in [2.75, 3.05) is 13.6 Å². The lowest BCUT2D eigenvalue weighted by molar-refractivity contribution is -0.199. The predicted octanol–water partition coefficient (Wildman–Crippen LogP) is 4.07. The van der Waals surface area contributed by atoms with Crippen molar-refractivity contribution in [1.29, 1.82) is 0 Å². The van der Waals surface area contributed by atoms with E-state index >= 15 is 0 Å². The van der Waals surface area contributed by atoms with Crippen LogP contribution < -0.4 is 0 Å². The van der Waals surface area contributed by atoms with Crippen LogP contribution in [0.15, 0.2) is 43.0 Å². The first-order valence-corrected chi connectivity index (χ1v) is 12.9. The Balaban J connectivity index is 1.35. The van der Waals surface area contributed by atoms with Gasteiger partial charge in [0, 0.05) is 20.0 Å². The van der Waals surface area contributed by atoms with Gasteiger partial charge < -0.3 is 23.8 Å². The molecule has 0 spiro atoms. The number of hydrogen-bond acceptors (Lipinski definition) is 5. The fourth-order valence-electron chi connectivity index (χ4n) is 6.90. The number of likely N-dealkylation sites (tertiary alicyclic amines) is 1. The lowest BCUT2D eigenvalue weighted by Gasteiger charge is -2.64. The van der Waals surface area contributed by atoms with Gasteiger partial charge in [-0.05, 0) is 61.5 Å². The molecule has 0 aromatic heterocycles. The van der Waals surface area contributed by atoms with E-state index in [-0.39, 0.29) is 29.0 Å². The highest BCUT2D eigenvalue weighted by Crippen LogP contribution is 2.65. The highest BCUT2D eigenvalue weighted by atomic mass is 16.7. The van der Waals surface area contributed by atoms with Gasteiger partial charge >= 0.3 is 13.2 Å². The van der Waals surface area contributed by atoms with Gasteiger partial charge in [0.2, 0.25) is 5.91 Å². The largest absolute Gasteiger partial charge is 0.482 e. The standard InChI is InChI=1S/C27H37BN2O5/c1-6-23(31)30-14-10-13-24(30)33-25(32)29(5)22(15-18-11-8-7-9-12-18)28-34-21-17-19-16-20(26(19,2)3)27(21,4)35-28/h6-9,11-12,19-22,24H,1,10,13-17H2,2-5H3/t19-,20-,21+,22-,24+,27-/m0/s1. The number of nitrogens with zero attached hydrogens (tertiary/aromatic N) is 2. The van der Waals surface area contributed by atoms with Crippen LogP contribution in [0.2, 0.25) is 0 Å². The molecule has 5 fully saturated rings. The first kappa shape index (κ1) is 24.4. The van der Waals surface area contributed by atoms with Gasteiger partial charge in [0.05, 0.1) is 17.6 Å². The number of rotatable bonds is 6. The molecular weight excluding hydrogens is 443 g/mol. The van der Waals surface area contributed by atoms with Crippen molar-refractivity contribution < 1.29 is 23.6 Å². The minimum Gasteiger partial charge on any atom is -0.425 e. The normalized spacial score (nSPS) is 33.5. The van der Waals surface area contributed by atoms with Crippen molar-refractivity contribution in [2.45, 2.75) is 76.7 Å². The molecule has 7 nitrogen and oxygen atoms in total. The van der Waals surface area contributed by atoms with E-state index in [4.69, 9.17) is 14.0 Å². The Morgan fingerprint density at radius 2 is 2.03 bits per heavy atom. The fraction of sp³-hybridized carbons (Fsp3) is 0.630. The minimum atomic E-state index is -0.577. The van der Waals surface area contributed by atoms with E-state index in [1.165, 1.54) is 12.5 Å². The summed E-state index contributed by atoms with van der Waals surface area (Å²) in [6, 6.07) is 10.1. The zero-order valence-electron chi connectivity index (χ0n) is 21.3. The van der Waals surface area contributed by atoms with Crippen molar-refractivity contribution in [3.8, 4) is 0 Å². The van der Waals surface area contributed by atoms with Gasteiger partial charge in [-0.1, -0.05) is 50.8 Å². The quantitative estimate of drug-likeness (QED) is 0.454. The van der Waals surface area contributed by atoms with Crippen LogP contribution >= 0.6 is 0 Å². The zero-order chi connectivity index (χ0) is 25.0. The Morgan fingerprint density at radius 1 is 1.29 bits per heavy atom. The summed E-state index contributed by atoms with van der Waals surface area (Å²) >= 11 is 0. The first-order chi connectivity index (χ1) is 16.6. The smallest absolute Gasteiger partial charge is 0.425 e. The Morgan fingerprint density at radius 3 is 2.71 bits per heavy atom. The molecular formula is C27H37BN2O5. The van der Waals surface area contributed by atoms with Gasteiger partial charge in [-0.25, -0.2) is 4.79 Å². The van der Waals surface area contributed by atoms with E-state index in [1.54, 1.807) is 16.8 Å². The van der Waals surface area contributed by atoms with Gasteiger partial charge in [0.15, 0.2) is 6.23 Å². The number of ether oxygens (including phenoxy) is 1. The topological polar surface area (TPSA) is 68.3 Å². The van der Waals surface area contributed by atoms with E-state index in [2.05, 4.69) is 39.5 Å². The second-order valence-electron chi connectivity index (χ2n) is 11.4.